The summed E-state index contributed by atoms with van der Waals surface area (Å²) in [6.45, 7) is 0.738. The summed E-state index contributed by atoms with van der Waals surface area (Å²) < 4.78 is 15.1. The molecule has 0 spiro atoms. The molecule has 1 amide bonds. The third kappa shape index (κ3) is 2.39. The van der Waals surface area contributed by atoms with Crippen LogP contribution < -0.4 is 0 Å². The Balaban J connectivity index is 1.69. The van der Waals surface area contributed by atoms with Gasteiger partial charge in [-0.3, -0.25) is 4.79 Å². The lowest BCUT2D eigenvalue weighted by atomic mass is 10.0. The number of carbonyl (C=O) groups is 1. The van der Waals surface area contributed by atoms with Crippen LogP contribution in [0.25, 0.3) is 10.9 Å². The van der Waals surface area contributed by atoms with Gasteiger partial charge in [-0.1, -0.05) is 30.3 Å². The molecule has 0 saturated carbocycles. The maximum Gasteiger partial charge on any atom is 0.271 e. The Morgan fingerprint density at radius 1 is 1.12 bits per heavy atom. The first-order valence-electron chi connectivity index (χ1n) is 8.26. The number of aromatic nitrogens is 1. The summed E-state index contributed by atoms with van der Waals surface area (Å²) in [7, 11) is 1.93. The highest BCUT2D eigenvalue weighted by Crippen LogP contribution is 2.34. The van der Waals surface area contributed by atoms with Gasteiger partial charge in [0.25, 0.3) is 5.91 Å². The number of para-hydroxylation sites is 1. The Hall–Kier alpha value is -2.62. The molecule has 2 aromatic carbocycles. The predicted molar refractivity (Wildman–Crippen MR) is 92.3 cm³/mol. The molecule has 3 nitrogen and oxygen atoms in total. The van der Waals surface area contributed by atoms with Gasteiger partial charge in [-0.25, -0.2) is 4.39 Å². The number of fused-ring (bicyclic) bond motifs is 1. The first-order chi connectivity index (χ1) is 11.6. The van der Waals surface area contributed by atoms with E-state index in [0.29, 0.717) is 5.69 Å². The van der Waals surface area contributed by atoms with Crippen LogP contribution in [0.1, 0.15) is 34.9 Å². The first-order valence-corrected chi connectivity index (χ1v) is 8.26. The summed E-state index contributed by atoms with van der Waals surface area (Å²) >= 11 is 0. The zero-order valence-electron chi connectivity index (χ0n) is 13.6. The molecule has 1 fully saturated rings. The van der Waals surface area contributed by atoms with Crippen LogP contribution in [-0.4, -0.2) is 21.9 Å². The van der Waals surface area contributed by atoms with Gasteiger partial charge in [0.1, 0.15) is 11.5 Å². The molecule has 0 unspecified atom stereocenters. The molecule has 0 N–H and O–H groups in total. The average molecular weight is 322 g/mol. The maximum atomic E-state index is 13.2. The van der Waals surface area contributed by atoms with Crippen molar-refractivity contribution in [3.8, 4) is 0 Å². The van der Waals surface area contributed by atoms with Gasteiger partial charge in [-0.15, -0.1) is 0 Å². The number of hydrogen-bond donors (Lipinski definition) is 0. The summed E-state index contributed by atoms with van der Waals surface area (Å²) in [6.07, 6.45) is 1.89. The van der Waals surface area contributed by atoms with Gasteiger partial charge >= 0.3 is 0 Å². The van der Waals surface area contributed by atoms with E-state index in [9.17, 15) is 9.18 Å². The van der Waals surface area contributed by atoms with Gasteiger partial charge in [0.05, 0.1) is 6.04 Å². The van der Waals surface area contributed by atoms with Gasteiger partial charge in [0.2, 0.25) is 0 Å². The summed E-state index contributed by atoms with van der Waals surface area (Å²) in [5, 5.41) is 1.07. The zero-order valence-corrected chi connectivity index (χ0v) is 13.6. The van der Waals surface area contributed by atoms with E-state index in [1.54, 1.807) is 12.1 Å². The highest BCUT2D eigenvalue weighted by atomic mass is 19.1. The molecule has 1 aromatic heterocycles. The monoisotopic (exact) mass is 322 g/mol. The van der Waals surface area contributed by atoms with Gasteiger partial charge in [-0.05, 0) is 42.7 Å². The van der Waals surface area contributed by atoms with Crippen LogP contribution >= 0.6 is 0 Å². The van der Waals surface area contributed by atoms with E-state index in [-0.39, 0.29) is 17.8 Å². The Morgan fingerprint density at radius 3 is 2.62 bits per heavy atom. The second kappa shape index (κ2) is 5.78. The van der Waals surface area contributed by atoms with Crippen molar-refractivity contribution >= 4 is 16.8 Å². The summed E-state index contributed by atoms with van der Waals surface area (Å²) in [4.78, 5) is 15.0. The predicted octanol–water partition coefficient (Wildman–Crippen LogP) is 4.29. The molecule has 122 valence electrons. The second-order valence-electron chi connectivity index (χ2n) is 6.36. The van der Waals surface area contributed by atoms with E-state index in [2.05, 4.69) is 0 Å². The van der Waals surface area contributed by atoms with Crippen molar-refractivity contribution < 1.29 is 9.18 Å². The fourth-order valence-electron chi connectivity index (χ4n) is 3.68. The van der Waals surface area contributed by atoms with E-state index in [0.717, 1.165) is 35.9 Å². The van der Waals surface area contributed by atoms with E-state index < -0.39 is 0 Å². The molecular weight excluding hydrogens is 303 g/mol. The van der Waals surface area contributed by atoms with E-state index in [1.807, 2.05) is 46.8 Å². The number of benzene rings is 2. The highest BCUT2D eigenvalue weighted by molar-refractivity contribution is 5.99. The third-order valence-electron chi connectivity index (χ3n) is 4.94. The Morgan fingerprint density at radius 2 is 1.88 bits per heavy atom. The molecule has 0 radical (unpaired) electrons. The van der Waals surface area contributed by atoms with Crippen molar-refractivity contribution in [1.82, 2.24) is 9.47 Å². The molecule has 24 heavy (non-hydrogen) atoms. The van der Waals surface area contributed by atoms with Crippen LogP contribution in [0.3, 0.4) is 0 Å². The number of likely N-dealkylation sites (tertiary alicyclic amines) is 1. The highest BCUT2D eigenvalue weighted by Gasteiger charge is 2.31. The molecular formula is C20H19FN2O. The Kier molecular flexibility index (Phi) is 3.60. The first kappa shape index (κ1) is 14.9. The minimum atomic E-state index is -0.247. The average Bonchev–Trinajstić information content (AvgIpc) is 3.21. The van der Waals surface area contributed by atoms with Gasteiger partial charge in [0, 0.05) is 24.5 Å². The van der Waals surface area contributed by atoms with Gasteiger partial charge in [0.15, 0.2) is 0 Å². The fourth-order valence-corrected chi connectivity index (χ4v) is 3.68. The molecule has 2 heterocycles. The van der Waals surface area contributed by atoms with Crippen molar-refractivity contribution in [2.75, 3.05) is 6.54 Å². The Bertz CT molecular complexity index is 898. The number of aryl methyl sites for hydroxylation is 1. The van der Waals surface area contributed by atoms with Crippen LogP contribution in [0, 0.1) is 5.82 Å². The van der Waals surface area contributed by atoms with Gasteiger partial charge in [-0.2, -0.15) is 0 Å². The minimum absolute atomic E-state index is 0.0242. The number of amides is 1. The normalized spacial score (nSPS) is 17.6. The van der Waals surface area contributed by atoms with E-state index >= 15 is 0 Å². The summed E-state index contributed by atoms with van der Waals surface area (Å²) in [5.74, 6) is -0.205. The number of rotatable bonds is 2. The van der Waals surface area contributed by atoms with Crippen molar-refractivity contribution in [2.24, 2.45) is 7.05 Å². The Labute approximate surface area is 140 Å². The quantitative estimate of drug-likeness (QED) is 0.691. The molecule has 4 rings (SSSR count). The molecule has 1 atom stereocenters. The molecule has 3 aromatic rings. The minimum Gasteiger partial charge on any atom is -0.340 e. The number of halogens is 1. The van der Waals surface area contributed by atoms with Crippen molar-refractivity contribution in [1.29, 1.82) is 0 Å². The molecule has 1 aliphatic heterocycles. The summed E-state index contributed by atoms with van der Waals surface area (Å²) in [5.41, 5.74) is 2.75. The molecule has 4 heteroatoms. The number of hydrogen-bond acceptors (Lipinski definition) is 1. The third-order valence-corrected chi connectivity index (χ3v) is 4.94. The molecule has 1 aliphatic rings. The lowest BCUT2D eigenvalue weighted by molar-refractivity contribution is 0.0726. The topological polar surface area (TPSA) is 25.2 Å². The fraction of sp³-hybridized carbons (Fsp3) is 0.250. The SMILES string of the molecule is Cn1c(C(=O)N2CCC[C@H]2c2ccc(F)cc2)cc2ccccc21. The largest absolute Gasteiger partial charge is 0.340 e. The van der Waals surface area contributed by atoms with Crippen LogP contribution in [0.15, 0.2) is 54.6 Å². The van der Waals surface area contributed by atoms with Crippen LogP contribution in [-0.2, 0) is 7.05 Å². The standard InChI is InChI=1S/C20H19FN2O/c1-22-17-6-3-2-5-15(17)13-19(22)20(24)23-12-4-7-18(23)14-8-10-16(21)11-9-14/h2-3,5-6,8-11,13,18H,4,7,12H2,1H3/t18-/m0/s1. The second-order valence-corrected chi connectivity index (χ2v) is 6.36. The lowest BCUT2D eigenvalue weighted by Crippen LogP contribution is -2.31. The molecule has 0 aliphatic carbocycles. The summed E-state index contributed by atoms with van der Waals surface area (Å²) in [6, 6.07) is 16.5. The zero-order chi connectivity index (χ0) is 16.7. The smallest absolute Gasteiger partial charge is 0.271 e. The molecule has 0 bridgehead atoms. The number of carbonyl (C=O) groups excluding carboxylic acids is 1. The van der Waals surface area contributed by atoms with Crippen LogP contribution in [0.4, 0.5) is 4.39 Å². The molecule has 1 saturated heterocycles. The van der Waals surface area contributed by atoms with Crippen molar-refractivity contribution in [2.45, 2.75) is 18.9 Å². The van der Waals surface area contributed by atoms with Crippen molar-refractivity contribution in [3.05, 3.63) is 71.7 Å². The van der Waals surface area contributed by atoms with Crippen LogP contribution in [0.5, 0.6) is 0 Å². The van der Waals surface area contributed by atoms with Crippen LogP contribution in [0.2, 0.25) is 0 Å². The maximum absolute atomic E-state index is 13.2. The van der Waals surface area contributed by atoms with Crippen molar-refractivity contribution in [3.63, 3.8) is 0 Å². The van der Waals surface area contributed by atoms with Gasteiger partial charge < -0.3 is 9.47 Å². The van der Waals surface area contributed by atoms with E-state index in [4.69, 9.17) is 0 Å². The lowest BCUT2D eigenvalue weighted by Gasteiger charge is -2.25. The number of nitrogens with zero attached hydrogens (tertiary/aromatic N) is 2. The van der Waals surface area contributed by atoms with E-state index in [1.165, 1.54) is 12.1 Å².